The van der Waals surface area contributed by atoms with Gasteiger partial charge in [-0.15, -0.1) is 0 Å². The van der Waals surface area contributed by atoms with Gasteiger partial charge in [-0.2, -0.15) is 5.10 Å². The van der Waals surface area contributed by atoms with E-state index in [1.54, 1.807) is 0 Å². The van der Waals surface area contributed by atoms with E-state index in [4.69, 9.17) is 0 Å². The van der Waals surface area contributed by atoms with Crippen molar-refractivity contribution in [1.29, 1.82) is 0 Å². The fourth-order valence-corrected chi connectivity index (χ4v) is 2.99. The lowest BCUT2D eigenvalue weighted by Crippen LogP contribution is -2.26. The van der Waals surface area contributed by atoms with Crippen molar-refractivity contribution in [3.8, 4) is 11.4 Å². The van der Waals surface area contributed by atoms with Gasteiger partial charge >= 0.3 is 0 Å². The Balaban J connectivity index is 1.79. The Morgan fingerprint density at radius 1 is 1.15 bits per heavy atom. The minimum atomic E-state index is -0.236. The lowest BCUT2D eigenvalue weighted by atomic mass is 10.0. The van der Waals surface area contributed by atoms with E-state index < -0.39 is 0 Å². The summed E-state index contributed by atoms with van der Waals surface area (Å²) in [6.07, 6.45) is 4.65. The van der Waals surface area contributed by atoms with E-state index in [1.165, 1.54) is 0 Å². The molecule has 0 aliphatic heterocycles. The molecule has 0 spiro atoms. The van der Waals surface area contributed by atoms with Gasteiger partial charge in [0.05, 0.1) is 0 Å². The van der Waals surface area contributed by atoms with Crippen molar-refractivity contribution in [3.05, 3.63) is 54.6 Å². The van der Waals surface area contributed by atoms with Crippen molar-refractivity contribution >= 4 is 11.6 Å². The van der Waals surface area contributed by atoms with Gasteiger partial charge in [0.15, 0.2) is 5.82 Å². The van der Waals surface area contributed by atoms with E-state index in [2.05, 4.69) is 48.2 Å². The molecule has 2 aromatic heterocycles. The number of hydrogen-bond donors (Lipinski definition) is 2. The zero-order valence-electron chi connectivity index (χ0n) is 16.3. The Morgan fingerprint density at radius 2 is 1.89 bits per heavy atom. The Kier molecular flexibility index (Phi) is 5.74. The van der Waals surface area contributed by atoms with Crippen LogP contribution in [0.15, 0.2) is 48.8 Å². The molecule has 1 aromatic carbocycles. The van der Waals surface area contributed by atoms with E-state index in [-0.39, 0.29) is 17.9 Å². The van der Waals surface area contributed by atoms with Crippen LogP contribution in [0, 0.1) is 5.92 Å². The predicted molar refractivity (Wildman–Crippen MR) is 107 cm³/mol. The van der Waals surface area contributed by atoms with Crippen LogP contribution in [0.3, 0.4) is 0 Å². The molecule has 0 saturated heterocycles. The van der Waals surface area contributed by atoms with Gasteiger partial charge in [0.1, 0.15) is 11.9 Å². The van der Waals surface area contributed by atoms with Crippen molar-refractivity contribution in [2.45, 2.75) is 46.1 Å². The highest BCUT2D eigenvalue weighted by Gasteiger charge is 2.21. The maximum Gasteiger partial charge on any atom is 0.247 e. The Bertz CT molecular complexity index is 880. The largest absolute Gasteiger partial charge is 0.342 e. The predicted octanol–water partition coefficient (Wildman–Crippen LogP) is 4.62. The van der Waals surface area contributed by atoms with E-state index in [0.717, 1.165) is 23.5 Å². The molecule has 0 unspecified atom stereocenters. The van der Waals surface area contributed by atoms with Gasteiger partial charge < -0.3 is 9.88 Å². The van der Waals surface area contributed by atoms with Crippen LogP contribution in [0.1, 0.15) is 51.9 Å². The van der Waals surface area contributed by atoms with Gasteiger partial charge in [0, 0.05) is 29.6 Å². The van der Waals surface area contributed by atoms with Crippen LogP contribution in [0.25, 0.3) is 11.4 Å². The molecule has 27 heavy (non-hydrogen) atoms. The number of aromatic amines is 1. The van der Waals surface area contributed by atoms with Crippen LogP contribution in [0.4, 0.5) is 5.69 Å². The molecule has 3 rings (SSSR count). The minimum absolute atomic E-state index is 0.0186. The second kappa shape index (κ2) is 8.20. The van der Waals surface area contributed by atoms with Gasteiger partial charge in [-0.3, -0.25) is 9.89 Å². The molecule has 6 heteroatoms. The highest BCUT2D eigenvalue weighted by atomic mass is 16.2. The van der Waals surface area contributed by atoms with E-state index >= 15 is 0 Å². The molecule has 142 valence electrons. The summed E-state index contributed by atoms with van der Waals surface area (Å²) >= 11 is 0. The summed E-state index contributed by atoms with van der Waals surface area (Å²) in [4.78, 5) is 17.5. The number of benzene rings is 1. The number of rotatable bonds is 7. The molecular weight excluding hydrogens is 338 g/mol. The van der Waals surface area contributed by atoms with Gasteiger partial charge in [-0.25, -0.2) is 4.98 Å². The average molecular weight is 365 g/mol. The molecule has 0 bridgehead atoms. The number of nitrogens with zero attached hydrogens (tertiary/aromatic N) is 3. The quantitative estimate of drug-likeness (QED) is 0.641. The lowest BCUT2D eigenvalue weighted by molar-refractivity contribution is -0.119. The molecule has 0 aliphatic carbocycles. The van der Waals surface area contributed by atoms with Crippen LogP contribution >= 0.6 is 0 Å². The summed E-state index contributed by atoms with van der Waals surface area (Å²) in [6.45, 7) is 8.38. The van der Waals surface area contributed by atoms with Crippen LogP contribution in [-0.2, 0) is 4.79 Å². The summed E-state index contributed by atoms with van der Waals surface area (Å²) in [5.41, 5.74) is 1.62. The molecule has 0 radical (unpaired) electrons. The smallest absolute Gasteiger partial charge is 0.247 e. The monoisotopic (exact) mass is 365 g/mol. The second-order valence-electron chi connectivity index (χ2n) is 7.54. The molecule has 6 nitrogen and oxygen atoms in total. The maximum atomic E-state index is 12.9. The first-order valence-corrected chi connectivity index (χ1v) is 9.40. The summed E-state index contributed by atoms with van der Waals surface area (Å²) in [6, 6.07) is 11.3. The number of carbonyl (C=O) groups is 1. The highest BCUT2D eigenvalue weighted by molar-refractivity contribution is 5.94. The number of H-pyrrole nitrogens is 1. The van der Waals surface area contributed by atoms with Crippen LogP contribution in [0.2, 0.25) is 0 Å². The SMILES string of the molecule is CC(C)C[C@@H](C(=O)Nc1cccc(-c2n[nH]c(C(C)C)n2)c1)n1cccc1. The Labute approximate surface area is 160 Å². The number of amides is 1. The van der Waals surface area contributed by atoms with Crippen LogP contribution < -0.4 is 5.32 Å². The third kappa shape index (κ3) is 4.64. The third-order valence-electron chi connectivity index (χ3n) is 4.42. The van der Waals surface area contributed by atoms with Crippen molar-refractivity contribution in [1.82, 2.24) is 19.7 Å². The summed E-state index contributed by atoms with van der Waals surface area (Å²) in [5, 5.41) is 10.3. The van der Waals surface area contributed by atoms with Gasteiger partial charge in [0.25, 0.3) is 0 Å². The van der Waals surface area contributed by atoms with E-state index in [9.17, 15) is 4.79 Å². The van der Waals surface area contributed by atoms with E-state index in [1.807, 2.05) is 53.4 Å². The molecule has 0 saturated carbocycles. The van der Waals surface area contributed by atoms with Crippen molar-refractivity contribution in [2.24, 2.45) is 5.92 Å². The Hall–Kier alpha value is -2.89. The average Bonchev–Trinajstić information content (AvgIpc) is 3.31. The fraction of sp³-hybridized carbons (Fsp3) is 0.381. The Morgan fingerprint density at radius 3 is 2.52 bits per heavy atom. The van der Waals surface area contributed by atoms with Crippen LogP contribution in [-0.4, -0.2) is 25.7 Å². The van der Waals surface area contributed by atoms with Crippen molar-refractivity contribution in [3.63, 3.8) is 0 Å². The molecule has 2 heterocycles. The molecular formula is C21H27N5O. The summed E-state index contributed by atoms with van der Waals surface area (Å²) in [5.74, 6) is 2.17. The molecule has 3 aromatic rings. The zero-order chi connectivity index (χ0) is 19.4. The topological polar surface area (TPSA) is 75.6 Å². The number of hydrogen-bond acceptors (Lipinski definition) is 3. The maximum absolute atomic E-state index is 12.9. The summed E-state index contributed by atoms with van der Waals surface area (Å²) < 4.78 is 1.96. The molecule has 2 N–H and O–H groups in total. The first-order chi connectivity index (χ1) is 12.9. The molecule has 1 amide bonds. The number of aromatic nitrogens is 4. The fourth-order valence-electron chi connectivity index (χ4n) is 2.99. The van der Waals surface area contributed by atoms with Gasteiger partial charge in [-0.05, 0) is 36.6 Å². The molecule has 0 aliphatic rings. The highest BCUT2D eigenvalue weighted by Crippen LogP contribution is 2.24. The number of nitrogens with one attached hydrogen (secondary N) is 2. The van der Waals surface area contributed by atoms with Gasteiger partial charge in [0.2, 0.25) is 5.91 Å². The normalized spacial score (nSPS) is 12.5. The first-order valence-electron chi connectivity index (χ1n) is 9.40. The molecule has 1 atom stereocenters. The number of anilines is 1. The molecule has 0 fully saturated rings. The van der Waals surface area contributed by atoms with Crippen molar-refractivity contribution < 1.29 is 4.79 Å². The third-order valence-corrected chi connectivity index (χ3v) is 4.42. The van der Waals surface area contributed by atoms with E-state index in [0.29, 0.717) is 11.7 Å². The van der Waals surface area contributed by atoms with Crippen LogP contribution in [0.5, 0.6) is 0 Å². The van der Waals surface area contributed by atoms with Crippen molar-refractivity contribution in [2.75, 3.05) is 5.32 Å². The number of carbonyl (C=O) groups excluding carboxylic acids is 1. The zero-order valence-corrected chi connectivity index (χ0v) is 16.3. The second-order valence-corrected chi connectivity index (χ2v) is 7.54. The standard InChI is InChI=1S/C21H27N5O/c1-14(2)12-18(26-10-5-6-11-26)21(27)22-17-9-7-8-16(13-17)20-23-19(15(3)4)24-25-20/h5-11,13-15,18H,12H2,1-4H3,(H,22,27)(H,23,24,25)/t18-/m0/s1. The lowest BCUT2D eigenvalue weighted by Gasteiger charge is -2.20. The van der Waals surface area contributed by atoms with Gasteiger partial charge in [-0.1, -0.05) is 39.8 Å². The first kappa shape index (κ1) is 18.9. The minimum Gasteiger partial charge on any atom is -0.342 e. The summed E-state index contributed by atoms with van der Waals surface area (Å²) in [7, 11) is 0.